The van der Waals surface area contributed by atoms with Crippen LogP contribution < -0.4 is 10.1 Å². The molecule has 0 spiro atoms. The highest BCUT2D eigenvalue weighted by Crippen LogP contribution is 2.26. The van der Waals surface area contributed by atoms with E-state index in [-0.39, 0.29) is 6.10 Å². The minimum absolute atomic E-state index is 0.199. The van der Waals surface area contributed by atoms with Crippen LogP contribution in [0.4, 0.5) is 0 Å². The van der Waals surface area contributed by atoms with Gasteiger partial charge in [0.15, 0.2) is 0 Å². The fourth-order valence-corrected chi connectivity index (χ4v) is 3.01. The summed E-state index contributed by atoms with van der Waals surface area (Å²) in [7, 11) is 0. The molecule has 0 aliphatic heterocycles. The summed E-state index contributed by atoms with van der Waals surface area (Å²) in [5, 5.41) is 3.59. The number of hydrogen-bond donors (Lipinski definition) is 1. The van der Waals surface area contributed by atoms with Gasteiger partial charge < -0.3 is 10.1 Å². The van der Waals surface area contributed by atoms with Crippen LogP contribution in [0.25, 0.3) is 0 Å². The Kier molecular flexibility index (Phi) is 5.07. The van der Waals surface area contributed by atoms with Crippen LogP contribution in [0.2, 0.25) is 0 Å². The van der Waals surface area contributed by atoms with Crippen molar-refractivity contribution in [2.45, 2.75) is 51.7 Å². The zero-order chi connectivity index (χ0) is 13.0. The maximum atomic E-state index is 5.95. The van der Waals surface area contributed by atoms with Crippen LogP contribution in [0.5, 0.6) is 5.75 Å². The molecule has 0 radical (unpaired) electrons. The monoisotopic (exact) mass is 311 g/mol. The van der Waals surface area contributed by atoms with Crippen LogP contribution in [0.1, 0.15) is 38.2 Å². The minimum atomic E-state index is 0.199. The van der Waals surface area contributed by atoms with Gasteiger partial charge in [0.2, 0.25) is 0 Å². The molecule has 0 aromatic heterocycles. The van der Waals surface area contributed by atoms with Gasteiger partial charge >= 0.3 is 0 Å². The van der Waals surface area contributed by atoms with E-state index in [0.717, 1.165) is 16.8 Å². The van der Waals surface area contributed by atoms with Crippen LogP contribution in [0.15, 0.2) is 22.7 Å². The molecular weight excluding hydrogens is 290 g/mol. The highest BCUT2D eigenvalue weighted by atomic mass is 79.9. The molecule has 2 nitrogen and oxygen atoms in total. The van der Waals surface area contributed by atoms with Crippen LogP contribution in [-0.2, 0) is 0 Å². The topological polar surface area (TPSA) is 21.3 Å². The summed E-state index contributed by atoms with van der Waals surface area (Å²) >= 11 is 3.55. The maximum absolute atomic E-state index is 5.95. The molecule has 1 saturated carbocycles. The van der Waals surface area contributed by atoms with Crippen molar-refractivity contribution < 1.29 is 4.74 Å². The molecule has 1 N–H and O–H groups in total. The van der Waals surface area contributed by atoms with Gasteiger partial charge in [-0.15, -0.1) is 0 Å². The van der Waals surface area contributed by atoms with Gasteiger partial charge in [-0.3, -0.25) is 0 Å². The van der Waals surface area contributed by atoms with Crippen LogP contribution in [-0.4, -0.2) is 18.7 Å². The van der Waals surface area contributed by atoms with Crippen molar-refractivity contribution in [3.8, 4) is 5.75 Å². The fourth-order valence-electron chi connectivity index (χ4n) is 2.42. The van der Waals surface area contributed by atoms with Gasteiger partial charge in [0.25, 0.3) is 0 Å². The van der Waals surface area contributed by atoms with E-state index in [9.17, 15) is 0 Å². The van der Waals surface area contributed by atoms with Gasteiger partial charge in [0.1, 0.15) is 11.9 Å². The molecule has 0 amide bonds. The van der Waals surface area contributed by atoms with Crippen molar-refractivity contribution in [2.24, 2.45) is 0 Å². The Balaban J connectivity index is 1.80. The Morgan fingerprint density at radius 1 is 1.39 bits per heavy atom. The summed E-state index contributed by atoms with van der Waals surface area (Å²) in [4.78, 5) is 0. The molecule has 3 heteroatoms. The first-order valence-electron chi connectivity index (χ1n) is 6.81. The molecule has 1 aromatic carbocycles. The lowest BCUT2D eigenvalue weighted by molar-refractivity contribution is 0.210. The molecule has 1 unspecified atom stereocenters. The fraction of sp³-hybridized carbons (Fsp3) is 0.600. The Labute approximate surface area is 118 Å². The summed E-state index contributed by atoms with van der Waals surface area (Å²) in [6.07, 6.45) is 5.58. The quantitative estimate of drug-likeness (QED) is 0.885. The van der Waals surface area contributed by atoms with Crippen molar-refractivity contribution in [3.63, 3.8) is 0 Å². The highest BCUT2D eigenvalue weighted by molar-refractivity contribution is 9.10. The van der Waals surface area contributed by atoms with Crippen molar-refractivity contribution in [1.29, 1.82) is 0 Å². The Hall–Kier alpha value is -0.540. The first-order chi connectivity index (χ1) is 8.65. The van der Waals surface area contributed by atoms with Crippen molar-refractivity contribution in [2.75, 3.05) is 6.54 Å². The number of aryl methyl sites for hydroxylation is 1. The average Bonchev–Trinajstić information content (AvgIpc) is 2.83. The predicted molar refractivity (Wildman–Crippen MR) is 79.2 cm³/mol. The lowest BCUT2D eigenvalue weighted by Gasteiger charge is -2.19. The summed E-state index contributed by atoms with van der Waals surface area (Å²) in [5.41, 5.74) is 1.24. The van der Waals surface area contributed by atoms with E-state index in [0.29, 0.717) is 6.04 Å². The molecule has 18 heavy (non-hydrogen) atoms. The van der Waals surface area contributed by atoms with Gasteiger partial charge in [-0.05, 0) is 60.3 Å². The lowest BCUT2D eigenvalue weighted by atomic mass is 10.2. The summed E-state index contributed by atoms with van der Waals surface area (Å²) in [6, 6.07) is 6.91. The van der Waals surface area contributed by atoms with E-state index < -0.39 is 0 Å². The first-order valence-corrected chi connectivity index (χ1v) is 7.60. The largest absolute Gasteiger partial charge is 0.488 e. The smallest absolute Gasteiger partial charge is 0.133 e. The van der Waals surface area contributed by atoms with Crippen LogP contribution >= 0.6 is 15.9 Å². The Morgan fingerprint density at radius 2 is 2.11 bits per heavy atom. The number of hydrogen-bond acceptors (Lipinski definition) is 2. The van der Waals surface area contributed by atoms with Crippen molar-refractivity contribution in [1.82, 2.24) is 5.32 Å². The van der Waals surface area contributed by atoms with Crippen LogP contribution in [0.3, 0.4) is 0 Å². The van der Waals surface area contributed by atoms with E-state index in [4.69, 9.17) is 4.74 Å². The van der Waals surface area contributed by atoms with Gasteiger partial charge in [-0.2, -0.15) is 0 Å². The number of benzene rings is 1. The molecule has 0 heterocycles. The number of halogens is 1. The van der Waals surface area contributed by atoms with E-state index in [1.807, 2.05) is 6.07 Å². The van der Waals surface area contributed by atoms with E-state index in [2.05, 4.69) is 47.2 Å². The number of ether oxygens (including phenoxy) is 1. The summed E-state index contributed by atoms with van der Waals surface area (Å²) in [6.45, 7) is 5.12. The molecule has 0 saturated heterocycles. The van der Waals surface area contributed by atoms with Crippen LogP contribution in [0, 0.1) is 6.92 Å². The van der Waals surface area contributed by atoms with Gasteiger partial charge in [0, 0.05) is 12.6 Å². The van der Waals surface area contributed by atoms with Crippen molar-refractivity contribution >= 4 is 15.9 Å². The zero-order valence-corrected chi connectivity index (χ0v) is 12.8. The standard InChI is InChI=1S/C15H22BrNO/c1-11-7-8-15(14(16)9-11)18-12(2)10-17-13-5-3-4-6-13/h7-9,12-13,17H,3-6,10H2,1-2H3. The van der Waals surface area contributed by atoms with Gasteiger partial charge in [0.05, 0.1) is 4.47 Å². The molecule has 2 rings (SSSR count). The third kappa shape index (κ3) is 3.99. The third-order valence-electron chi connectivity index (χ3n) is 3.46. The van der Waals surface area contributed by atoms with E-state index >= 15 is 0 Å². The Bertz CT molecular complexity index is 388. The Morgan fingerprint density at radius 3 is 2.78 bits per heavy atom. The number of nitrogens with one attached hydrogen (secondary N) is 1. The first kappa shape index (κ1) is 13.9. The van der Waals surface area contributed by atoms with Crippen molar-refractivity contribution in [3.05, 3.63) is 28.2 Å². The normalized spacial score (nSPS) is 17.9. The average molecular weight is 312 g/mol. The molecule has 100 valence electrons. The molecule has 1 aliphatic rings. The van der Waals surface area contributed by atoms with E-state index in [1.54, 1.807) is 0 Å². The second kappa shape index (κ2) is 6.58. The zero-order valence-electron chi connectivity index (χ0n) is 11.2. The summed E-state index contributed by atoms with van der Waals surface area (Å²) in [5.74, 6) is 0.932. The third-order valence-corrected chi connectivity index (χ3v) is 4.08. The minimum Gasteiger partial charge on any atom is -0.488 e. The molecule has 1 fully saturated rings. The molecular formula is C15H22BrNO. The maximum Gasteiger partial charge on any atom is 0.133 e. The van der Waals surface area contributed by atoms with Gasteiger partial charge in [-0.25, -0.2) is 0 Å². The predicted octanol–water partition coefficient (Wildman–Crippen LogP) is 4.06. The SMILES string of the molecule is Cc1ccc(OC(C)CNC2CCCC2)c(Br)c1. The molecule has 1 atom stereocenters. The highest BCUT2D eigenvalue weighted by Gasteiger charge is 2.15. The van der Waals surface area contributed by atoms with Gasteiger partial charge in [-0.1, -0.05) is 18.9 Å². The number of rotatable bonds is 5. The second-order valence-corrected chi connectivity index (χ2v) is 6.11. The lowest BCUT2D eigenvalue weighted by Crippen LogP contribution is -2.35. The molecule has 0 bridgehead atoms. The van der Waals surface area contributed by atoms with E-state index in [1.165, 1.54) is 31.2 Å². The molecule has 1 aromatic rings. The molecule has 1 aliphatic carbocycles. The summed E-state index contributed by atoms with van der Waals surface area (Å²) < 4.78 is 6.99. The second-order valence-electron chi connectivity index (χ2n) is 5.25.